The summed E-state index contributed by atoms with van der Waals surface area (Å²) in [6, 6.07) is 2.21. The molecule has 0 bridgehead atoms. The van der Waals surface area contributed by atoms with Crippen LogP contribution in [0, 0.1) is 25.5 Å². The molecule has 1 heterocycles. The molecular formula is C13H15F2N3O. The second-order valence-electron chi connectivity index (χ2n) is 4.43. The number of benzene rings is 1. The van der Waals surface area contributed by atoms with E-state index in [1.165, 1.54) is 0 Å². The van der Waals surface area contributed by atoms with E-state index < -0.39 is 17.4 Å². The van der Waals surface area contributed by atoms with Crippen LogP contribution in [0.1, 0.15) is 17.0 Å². The predicted molar refractivity (Wildman–Crippen MR) is 68.0 cm³/mol. The first kappa shape index (κ1) is 13.3. The van der Waals surface area contributed by atoms with Crippen LogP contribution in [0.2, 0.25) is 0 Å². The minimum Gasteiger partial charge on any atom is -0.503 e. The van der Waals surface area contributed by atoms with Crippen molar-refractivity contribution in [1.29, 1.82) is 0 Å². The summed E-state index contributed by atoms with van der Waals surface area (Å²) in [7, 11) is 1.83. The third-order valence-electron chi connectivity index (χ3n) is 3.05. The number of hydrogen-bond acceptors (Lipinski definition) is 3. The molecule has 0 unspecified atom stereocenters. The summed E-state index contributed by atoms with van der Waals surface area (Å²) in [6.07, 6.45) is 0. The molecule has 0 fully saturated rings. The van der Waals surface area contributed by atoms with E-state index in [-0.39, 0.29) is 6.54 Å². The van der Waals surface area contributed by atoms with Gasteiger partial charge in [0.1, 0.15) is 0 Å². The highest BCUT2D eigenvalue weighted by molar-refractivity contribution is 5.52. The van der Waals surface area contributed by atoms with Crippen LogP contribution >= 0.6 is 0 Å². The minimum atomic E-state index is -0.962. The summed E-state index contributed by atoms with van der Waals surface area (Å²) < 4.78 is 28.1. The van der Waals surface area contributed by atoms with Gasteiger partial charge in [0.05, 0.1) is 17.1 Å². The van der Waals surface area contributed by atoms with Gasteiger partial charge in [0.25, 0.3) is 0 Å². The molecule has 0 aliphatic heterocycles. The number of phenols is 1. The lowest BCUT2D eigenvalue weighted by Crippen LogP contribution is -2.03. The number of aryl methyl sites for hydroxylation is 2. The lowest BCUT2D eigenvalue weighted by atomic mass is 10.2. The Labute approximate surface area is 109 Å². The highest BCUT2D eigenvalue weighted by atomic mass is 19.1. The molecular weight excluding hydrogens is 252 g/mol. The van der Waals surface area contributed by atoms with Crippen LogP contribution in [0.3, 0.4) is 0 Å². The lowest BCUT2D eigenvalue weighted by Gasteiger charge is -2.08. The first-order valence-electron chi connectivity index (χ1n) is 5.81. The van der Waals surface area contributed by atoms with E-state index >= 15 is 0 Å². The quantitative estimate of drug-likeness (QED) is 0.898. The van der Waals surface area contributed by atoms with Crippen molar-refractivity contribution in [2.24, 2.45) is 7.05 Å². The number of rotatable bonds is 3. The molecule has 0 saturated heterocycles. The molecule has 0 aliphatic rings. The molecule has 0 spiro atoms. The van der Waals surface area contributed by atoms with Crippen molar-refractivity contribution in [3.63, 3.8) is 0 Å². The maximum atomic E-state index is 13.2. The van der Waals surface area contributed by atoms with Gasteiger partial charge in [-0.2, -0.15) is 5.10 Å². The minimum absolute atomic E-state index is 0.251. The lowest BCUT2D eigenvalue weighted by molar-refractivity contribution is 0.395. The summed E-state index contributed by atoms with van der Waals surface area (Å²) >= 11 is 0. The Kier molecular flexibility index (Phi) is 3.42. The van der Waals surface area contributed by atoms with Crippen LogP contribution in [0.15, 0.2) is 12.1 Å². The van der Waals surface area contributed by atoms with Crippen LogP contribution < -0.4 is 5.32 Å². The van der Waals surface area contributed by atoms with Crippen molar-refractivity contribution < 1.29 is 13.9 Å². The van der Waals surface area contributed by atoms with Crippen molar-refractivity contribution in [2.75, 3.05) is 5.32 Å². The SMILES string of the molecule is Cc1nn(C)c(C)c1NCc1cc(F)c(O)c(F)c1. The Morgan fingerprint density at radius 1 is 1.26 bits per heavy atom. The van der Waals surface area contributed by atoms with Crippen LogP contribution in [0.25, 0.3) is 0 Å². The fourth-order valence-corrected chi connectivity index (χ4v) is 1.94. The van der Waals surface area contributed by atoms with Crippen LogP contribution in [0.5, 0.6) is 5.75 Å². The molecule has 4 nitrogen and oxygen atoms in total. The number of phenolic OH excluding ortho intramolecular Hbond substituents is 1. The fraction of sp³-hybridized carbons (Fsp3) is 0.308. The summed E-state index contributed by atoms with van der Waals surface area (Å²) in [4.78, 5) is 0. The van der Waals surface area contributed by atoms with Crippen molar-refractivity contribution in [2.45, 2.75) is 20.4 Å². The van der Waals surface area contributed by atoms with Crippen molar-refractivity contribution >= 4 is 5.69 Å². The van der Waals surface area contributed by atoms with E-state index in [9.17, 15) is 8.78 Å². The molecule has 2 N–H and O–H groups in total. The smallest absolute Gasteiger partial charge is 0.187 e. The average Bonchev–Trinajstić information content (AvgIpc) is 2.58. The molecule has 19 heavy (non-hydrogen) atoms. The van der Waals surface area contributed by atoms with E-state index in [4.69, 9.17) is 5.11 Å². The molecule has 0 atom stereocenters. The normalized spacial score (nSPS) is 10.8. The number of halogens is 2. The predicted octanol–water partition coefficient (Wildman–Crippen LogP) is 2.63. The van der Waals surface area contributed by atoms with Gasteiger partial charge in [0.2, 0.25) is 0 Å². The Morgan fingerprint density at radius 2 is 1.84 bits per heavy atom. The zero-order valence-electron chi connectivity index (χ0n) is 11.0. The maximum Gasteiger partial charge on any atom is 0.187 e. The average molecular weight is 267 g/mol. The van der Waals surface area contributed by atoms with E-state index in [0.29, 0.717) is 5.56 Å². The van der Waals surface area contributed by atoms with E-state index in [1.807, 2.05) is 20.9 Å². The fourth-order valence-electron chi connectivity index (χ4n) is 1.94. The first-order chi connectivity index (χ1) is 8.90. The number of anilines is 1. The molecule has 1 aromatic carbocycles. The van der Waals surface area contributed by atoms with Gasteiger partial charge < -0.3 is 10.4 Å². The zero-order chi connectivity index (χ0) is 14.2. The number of nitrogens with one attached hydrogen (secondary N) is 1. The molecule has 102 valence electrons. The second-order valence-corrected chi connectivity index (χ2v) is 4.43. The van der Waals surface area contributed by atoms with Gasteiger partial charge in [0.15, 0.2) is 17.4 Å². The van der Waals surface area contributed by atoms with Crippen molar-refractivity contribution in [1.82, 2.24) is 9.78 Å². The Bertz CT molecular complexity index is 600. The van der Waals surface area contributed by atoms with Gasteiger partial charge in [0, 0.05) is 13.6 Å². The maximum absolute atomic E-state index is 13.2. The molecule has 6 heteroatoms. The molecule has 0 amide bonds. The van der Waals surface area contributed by atoms with Crippen LogP contribution in [-0.4, -0.2) is 14.9 Å². The van der Waals surface area contributed by atoms with E-state index in [1.54, 1.807) is 4.68 Å². The molecule has 2 rings (SSSR count). The van der Waals surface area contributed by atoms with E-state index in [0.717, 1.165) is 29.2 Å². The van der Waals surface area contributed by atoms with Crippen molar-refractivity contribution in [3.05, 3.63) is 40.7 Å². The second kappa shape index (κ2) is 4.87. The van der Waals surface area contributed by atoms with Crippen LogP contribution in [0.4, 0.5) is 14.5 Å². The Balaban J connectivity index is 2.19. The van der Waals surface area contributed by atoms with E-state index in [2.05, 4.69) is 10.4 Å². The van der Waals surface area contributed by atoms with Gasteiger partial charge in [-0.15, -0.1) is 0 Å². The standard InChI is InChI=1S/C13H15F2N3O/c1-7-12(8(2)18(3)17-7)16-6-9-4-10(14)13(19)11(15)5-9/h4-5,16,19H,6H2,1-3H3. The molecule has 0 saturated carbocycles. The summed E-state index contributed by atoms with van der Waals surface area (Å²) in [5.74, 6) is -2.87. The number of hydrogen-bond donors (Lipinski definition) is 2. The summed E-state index contributed by atoms with van der Waals surface area (Å²) in [6.45, 7) is 4.01. The molecule has 0 aliphatic carbocycles. The molecule has 2 aromatic rings. The van der Waals surface area contributed by atoms with Gasteiger partial charge in [-0.25, -0.2) is 8.78 Å². The Morgan fingerprint density at radius 3 is 2.32 bits per heavy atom. The topological polar surface area (TPSA) is 50.1 Å². The highest BCUT2D eigenvalue weighted by Gasteiger charge is 2.12. The molecule has 0 radical (unpaired) electrons. The van der Waals surface area contributed by atoms with Gasteiger partial charge in [-0.1, -0.05) is 0 Å². The third kappa shape index (κ3) is 2.52. The van der Waals surface area contributed by atoms with Crippen molar-refractivity contribution in [3.8, 4) is 5.75 Å². The number of aromatic nitrogens is 2. The Hall–Kier alpha value is -2.11. The van der Waals surface area contributed by atoms with Gasteiger partial charge in [-0.05, 0) is 31.5 Å². The summed E-state index contributed by atoms with van der Waals surface area (Å²) in [5.41, 5.74) is 3.02. The molecule has 1 aromatic heterocycles. The number of nitrogens with zero attached hydrogens (tertiary/aromatic N) is 2. The van der Waals surface area contributed by atoms with Gasteiger partial charge in [-0.3, -0.25) is 4.68 Å². The first-order valence-corrected chi connectivity index (χ1v) is 5.81. The van der Waals surface area contributed by atoms with Crippen LogP contribution in [-0.2, 0) is 13.6 Å². The number of aromatic hydroxyl groups is 1. The largest absolute Gasteiger partial charge is 0.503 e. The zero-order valence-corrected chi connectivity index (χ0v) is 11.0. The monoisotopic (exact) mass is 267 g/mol. The highest BCUT2D eigenvalue weighted by Crippen LogP contribution is 2.23. The van der Waals surface area contributed by atoms with Gasteiger partial charge >= 0.3 is 0 Å². The third-order valence-corrected chi connectivity index (χ3v) is 3.05. The summed E-state index contributed by atoms with van der Waals surface area (Å²) in [5, 5.41) is 16.4.